The number of aromatic hydroxyl groups is 1. The molecule has 1 aromatic carbocycles. The van der Waals surface area contributed by atoms with E-state index < -0.39 is 40.3 Å². The Morgan fingerprint density at radius 3 is 2.21 bits per heavy atom. The lowest BCUT2D eigenvalue weighted by Gasteiger charge is -2.10. The number of aromatic nitrogens is 2. The van der Waals surface area contributed by atoms with Crippen LogP contribution in [0.15, 0.2) is 21.7 Å². The van der Waals surface area contributed by atoms with Gasteiger partial charge < -0.3 is 5.11 Å². The Kier molecular flexibility index (Phi) is 2.93. The highest BCUT2D eigenvalue weighted by atomic mass is 19.2. The molecule has 8 heteroatoms. The predicted molar refractivity (Wildman–Crippen MR) is 58.9 cm³/mol. The highest BCUT2D eigenvalue weighted by molar-refractivity contribution is 5.38. The smallest absolute Gasteiger partial charge is 0.335 e. The molecular formula is C11H7F3N2O3. The first-order valence-corrected chi connectivity index (χ1v) is 5.02. The van der Waals surface area contributed by atoms with E-state index in [-0.39, 0.29) is 5.56 Å². The molecule has 19 heavy (non-hydrogen) atoms. The molecule has 2 N–H and O–H groups in total. The third-order valence-electron chi connectivity index (χ3n) is 2.54. The molecule has 100 valence electrons. The summed E-state index contributed by atoms with van der Waals surface area (Å²) in [5, 5.41) is 9.67. The Balaban J connectivity index is 2.84. The molecule has 0 unspecified atom stereocenters. The van der Waals surface area contributed by atoms with Gasteiger partial charge in [-0.15, -0.1) is 0 Å². The molecule has 2 aromatic rings. The molecule has 0 atom stereocenters. The van der Waals surface area contributed by atoms with E-state index in [1.165, 1.54) is 6.92 Å². The maximum Gasteiger partial charge on any atom is 0.335 e. The van der Waals surface area contributed by atoms with Gasteiger partial charge in [0.25, 0.3) is 5.56 Å². The van der Waals surface area contributed by atoms with Crippen molar-refractivity contribution < 1.29 is 18.3 Å². The van der Waals surface area contributed by atoms with Gasteiger partial charge in [-0.25, -0.2) is 22.5 Å². The van der Waals surface area contributed by atoms with Crippen molar-refractivity contribution in [1.29, 1.82) is 0 Å². The minimum absolute atomic E-state index is 0.218. The summed E-state index contributed by atoms with van der Waals surface area (Å²) in [5.41, 5.74) is -2.59. The molecule has 5 nitrogen and oxygen atoms in total. The zero-order valence-electron chi connectivity index (χ0n) is 9.50. The highest BCUT2D eigenvalue weighted by Crippen LogP contribution is 2.20. The molecule has 0 radical (unpaired) electrons. The summed E-state index contributed by atoms with van der Waals surface area (Å²) in [7, 11) is 0. The zero-order chi connectivity index (χ0) is 14.3. The van der Waals surface area contributed by atoms with Gasteiger partial charge >= 0.3 is 5.69 Å². The summed E-state index contributed by atoms with van der Waals surface area (Å²) < 4.78 is 39.4. The summed E-state index contributed by atoms with van der Waals surface area (Å²) >= 11 is 0. The lowest BCUT2D eigenvalue weighted by atomic mass is 10.2. The normalized spacial score (nSPS) is 10.7. The van der Waals surface area contributed by atoms with Gasteiger partial charge in [-0.1, -0.05) is 0 Å². The number of nitrogens with one attached hydrogen (secondary N) is 1. The second-order valence-corrected chi connectivity index (χ2v) is 3.77. The molecular weight excluding hydrogens is 265 g/mol. The predicted octanol–water partition coefficient (Wildman–Crippen LogP) is 0.957. The molecule has 0 fully saturated rings. The van der Waals surface area contributed by atoms with Crippen LogP contribution in [0.4, 0.5) is 13.2 Å². The van der Waals surface area contributed by atoms with Gasteiger partial charge in [-0.3, -0.25) is 9.78 Å². The van der Waals surface area contributed by atoms with Crippen molar-refractivity contribution in [1.82, 2.24) is 9.55 Å². The van der Waals surface area contributed by atoms with Crippen molar-refractivity contribution in [3.63, 3.8) is 0 Å². The Labute approximate surface area is 103 Å². The number of nitrogens with zero attached hydrogens (tertiary/aromatic N) is 1. The average molecular weight is 272 g/mol. The minimum atomic E-state index is -1.70. The first-order valence-electron chi connectivity index (χ1n) is 5.02. The van der Waals surface area contributed by atoms with E-state index >= 15 is 0 Å². The monoisotopic (exact) mass is 272 g/mol. The molecule has 0 saturated heterocycles. The zero-order valence-corrected chi connectivity index (χ0v) is 9.50. The quantitative estimate of drug-likeness (QED) is 0.759. The Bertz CT molecular complexity index is 757. The van der Waals surface area contributed by atoms with Crippen molar-refractivity contribution in [3.05, 3.63) is 56.0 Å². The van der Waals surface area contributed by atoms with Crippen molar-refractivity contribution in [3.8, 4) is 11.6 Å². The maximum absolute atomic E-state index is 13.1. The van der Waals surface area contributed by atoms with E-state index in [0.29, 0.717) is 16.7 Å². The minimum Gasteiger partial charge on any atom is -0.494 e. The number of hydrogen-bond acceptors (Lipinski definition) is 3. The molecule has 0 spiro atoms. The lowest BCUT2D eigenvalue weighted by Crippen LogP contribution is -2.30. The van der Waals surface area contributed by atoms with Crippen LogP contribution in [-0.2, 0) is 0 Å². The molecule has 0 aliphatic carbocycles. The third-order valence-corrected chi connectivity index (χ3v) is 2.54. The second kappa shape index (κ2) is 4.30. The van der Waals surface area contributed by atoms with Crippen LogP contribution in [0.1, 0.15) is 5.56 Å². The van der Waals surface area contributed by atoms with Gasteiger partial charge in [-0.05, 0) is 6.92 Å². The molecule has 0 amide bonds. The van der Waals surface area contributed by atoms with Crippen LogP contribution >= 0.6 is 0 Å². The van der Waals surface area contributed by atoms with Gasteiger partial charge in [0.15, 0.2) is 17.5 Å². The van der Waals surface area contributed by atoms with Crippen LogP contribution in [0.2, 0.25) is 0 Å². The number of aromatic amines is 1. The van der Waals surface area contributed by atoms with Crippen LogP contribution in [0.5, 0.6) is 5.88 Å². The molecule has 1 aromatic heterocycles. The summed E-state index contributed by atoms with van der Waals surface area (Å²) in [6.45, 7) is 1.21. The second-order valence-electron chi connectivity index (χ2n) is 3.77. The first-order chi connectivity index (χ1) is 8.82. The lowest BCUT2D eigenvalue weighted by molar-refractivity contribution is 0.421. The fourth-order valence-corrected chi connectivity index (χ4v) is 1.52. The fraction of sp³-hybridized carbons (Fsp3) is 0.0909. The van der Waals surface area contributed by atoms with Crippen LogP contribution in [0.3, 0.4) is 0 Å². The standard InChI is InChI=1S/C11H7F3N2O3/c1-4-9(17)15-11(19)16(10(4)18)5-2-6(12)8(14)7(13)3-5/h2-3,18H,1H3,(H,15,17,19). The first kappa shape index (κ1) is 12.9. The molecule has 0 aliphatic heterocycles. The van der Waals surface area contributed by atoms with Crippen molar-refractivity contribution in [2.75, 3.05) is 0 Å². The SMILES string of the molecule is Cc1c(O)n(-c2cc(F)c(F)c(F)c2)c(=O)[nH]c1=O. The number of rotatable bonds is 1. The maximum atomic E-state index is 13.1. The van der Waals surface area contributed by atoms with Gasteiger partial charge in [0.1, 0.15) is 0 Å². The van der Waals surface area contributed by atoms with Crippen molar-refractivity contribution >= 4 is 0 Å². The third kappa shape index (κ3) is 2.01. The van der Waals surface area contributed by atoms with Gasteiger partial charge in [0, 0.05) is 12.1 Å². The number of hydrogen-bond donors (Lipinski definition) is 2. The van der Waals surface area contributed by atoms with E-state index in [9.17, 15) is 27.9 Å². The summed E-state index contributed by atoms with van der Waals surface area (Å²) in [5.74, 6) is -5.52. The molecule has 2 rings (SSSR count). The van der Waals surface area contributed by atoms with Crippen molar-refractivity contribution in [2.24, 2.45) is 0 Å². The Hall–Kier alpha value is -2.51. The van der Waals surface area contributed by atoms with Crippen LogP contribution in [-0.4, -0.2) is 14.7 Å². The van der Waals surface area contributed by atoms with Crippen LogP contribution < -0.4 is 11.2 Å². The average Bonchev–Trinajstić information content (AvgIpc) is 2.33. The van der Waals surface area contributed by atoms with E-state index in [0.717, 1.165) is 0 Å². The van der Waals surface area contributed by atoms with E-state index in [4.69, 9.17) is 0 Å². The molecule has 1 heterocycles. The number of halogens is 3. The Morgan fingerprint density at radius 2 is 1.68 bits per heavy atom. The molecule has 0 saturated carbocycles. The topological polar surface area (TPSA) is 75.1 Å². The van der Waals surface area contributed by atoms with E-state index in [2.05, 4.69) is 0 Å². The van der Waals surface area contributed by atoms with Gasteiger partial charge in [0.05, 0.1) is 11.3 Å². The van der Waals surface area contributed by atoms with Crippen LogP contribution in [0, 0.1) is 24.4 Å². The highest BCUT2D eigenvalue weighted by Gasteiger charge is 2.16. The van der Waals surface area contributed by atoms with E-state index in [1.54, 1.807) is 0 Å². The van der Waals surface area contributed by atoms with Crippen molar-refractivity contribution in [2.45, 2.75) is 6.92 Å². The van der Waals surface area contributed by atoms with Gasteiger partial charge in [-0.2, -0.15) is 0 Å². The Morgan fingerprint density at radius 1 is 1.16 bits per heavy atom. The largest absolute Gasteiger partial charge is 0.494 e. The van der Waals surface area contributed by atoms with Gasteiger partial charge in [0.2, 0.25) is 5.88 Å². The molecule has 0 aliphatic rings. The summed E-state index contributed by atoms with van der Waals surface area (Å²) in [6, 6.07) is 1.05. The number of H-pyrrole nitrogens is 1. The number of benzene rings is 1. The molecule has 0 bridgehead atoms. The fourth-order valence-electron chi connectivity index (χ4n) is 1.52. The summed E-state index contributed by atoms with van der Waals surface area (Å²) in [4.78, 5) is 24.6. The van der Waals surface area contributed by atoms with Crippen LogP contribution in [0.25, 0.3) is 5.69 Å². The summed E-state index contributed by atoms with van der Waals surface area (Å²) in [6.07, 6.45) is 0. The van der Waals surface area contributed by atoms with E-state index in [1.807, 2.05) is 4.98 Å².